The minimum Gasteiger partial charge on any atom is -0.356 e. The fourth-order valence-corrected chi connectivity index (χ4v) is 1.24. The Balaban J connectivity index is 2.40. The van der Waals surface area contributed by atoms with Crippen molar-refractivity contribution in [3.05, 3.63) is 22.4 Å². The van der Waals surface area contributed by atoms with Gasteiger partial charge in [0.15, 0.2) is 0 Å². The van der Waals surface area contributed by atoms with E-state index in [1.807, 2.05) is 0 Å². The van der Waals surface area contributed by atoms with Gasteiger partial charge >= 0.3 is 0 Å². The molecule has 4 N–H and O–H groups in total. The number of aromatic amines is 1. The fourth-order valence-electron chi connectivity index (χ4n) is 0.898. The van der Waals surface area contributed by atoms with Crippen LogP contribution >= 0.6 is 15.9 Å². The highest BCUT2D eigenvalue weighted by Gasteiger charge is 2.05. The predicted molar refractivity (Wildman–Crippen MR) is 54.5 cm³/mol. The number of aromatic nitrogens is 1. The Labute approximate surface area is 85.0 Å². The van der Waals surface area contributed by atoms with Gasteiger partial charge in [-0.25, -0.2) is 0 Å². The van der Waals surface area contributed by atoms with Crippen molar-refractivity contribution in [2.45, 2.75) is 6.42 Å². The summed E-state index contributed by atoms with van der Waals surface area (Å²) in [6.45, 7) is 1.21. The van der Waals surface area contributed by atoms with Crippen LogP contribution in [0.25, 0.3) is 0 Å². The van der Waals surface area contributed by atoms with Gasteiger partial charge in [-0.15, -0.1) is 0 Å². The third-order valence-electron chi connectivity index (χ3n) is 1.56. The highest BCUT2D eigenvalue weighted by molar-refractivity contribution is 9.10. The molecule has 1 aromatic heterocycles. The lowest BCUT2D eigenvalue weighted by molar-refractivity contribution is 0.0949. The van der Waals surface area contributed by atoms with Gasteiger partial charge in [-0.1, -0.05) is 0 Å². The first-order valence-electron chi connectivity index (χ1n) is 4.06. The molecule has 0 aliphatic carbocycles. The molecule has 1 rings (SSSR count). The Hall–Kier alpha value is -0.810. The number of amides is 1. The summed E-state index contributed by atoms with van der Waals surface area (Å²) in [5, 5.41) is 2.74. The first kappa shape index (κ1) is 10.3. The second kappa shape index (κ2) is 5.04. The van der Waals surface area contributed by atoms with Crippen LogP contribution in [0.1, 0.15) is 16.9 Å². The van der Waals surface area contributed by atoms with E-state index in [1.54, 1.807) is 12.3 Å². The molecule has 5 heteroatoms. The molecule has 0 radical (unpaired) electrons. The van der Waals surface area contributed by atoms with Crippen LogP contribution in [0, 0.1) is 0 Å². The van der Waals surface area contributed by atoms with Crippen molar-refractivity contribution < 1.29 is 4.79 Å². The van der Waals surface area contributed by atoms with Crippen molar-refractivity contribution in [3.63, 3.8) is 0 Å². The minimum absolute atomic E-state index is 0.0980. The van der Waals surface area contributed by atoms with Gasteiger partial charge in [-0.05, 0) is 35.0 Å². The van der Waals surface area contributed by atoms with Gasteiger partial charge in [0.05, 0.1) is 0 Å². The normalized spacial score (nSPS) is 10.0. The van der Waals surface area contributed by atoms with Gasteiger partial charge in [-0.2, -0.15) is 0 Å². The highest BCUT2D eigenvalue weighted by atomic mass is 79.9. The third kappa shape index (κ3) is 3.20. The fraction of sp³-hybridized carbons (Fsp3) is 0.375. The topological polar surface area (TPSA) is 70.9 Å². The van der Waals surface area contributed by atoms with Gasteiger partial charge < -0.3 is 16.0 Å². The van der Waals surface area contributed by atoms with Crippen LogP contribution in [0.4, 0.5) is 0 Å². The maximum absolute atomic E-state index is 11.3. The van der Waals surface area contributed by atoms with Crippen LogP contribution in [0.15, 0.2) is 16.7 Å². The Morgan fingerprint density at radius 1 is 1.69 bits per heavy atom. The van der Waals surface area contributed by atoms with Gasteiger partial charge in [0.25, 0.3) is 5.91 Å². The van der Waals surface area contributed by atoms with Crippen molar-refractivity contribution >= 4 is 21.8 Å². The van der Waals surface area contributed by atoms with Crippen molar-refractivity contribution in [1.29, 1.82) is 0 Å². The summed E-state index contributed by atoms with van der Waals surface area (Å²) in [5.74, 6) is -0.0980. The molecule has 0 aromatic carbocycles. The number of carbonyl (C=O) groups excluding carboxylic acids is 1. The van der Waals surface area contributed by atoms with E-state index in [0.29, 0.717) is 18.8 Å². The molecule has 0 unspecified atom stereocenters. The number of hydrogen-bond acceptors (Lipinski definition) is 2. The van der Waals surface area contributed by atoms with Crippen LogP contribution in [-0.2, 0) is 0 Å². The van der Waals surface area contributed by atoms with Crippen molar-refractivity contribution in [2.24, 2.45) is 5.73 Å². The maximum atomic E-state index is 11.3. The van der Waals surface area contributed by atoms with E-state index in [2.05, 4.69) is 26.2 Å². The van der Waals surface area contributed by atoms with E-state index < -0.39 is 0 Å². The molecule has 0 spiro atoms. The number of H-pyrrole nitrogens is 1. The smallest absolute Gasteiger partial charge is 0.267 e. The van der Waals surface area contributed by atoms with Crippen LogP contribution in [0.2, 0.25) is 0 Å². The number of halogens is 1. The van der Waals surface area contributed by atoms with E-state index in [0.717, 1.165) is 10.9 Å². The second-order valence-electron chi connectivity index (χ2n) is 2.63. The molecule has 13 heavy (non-hydrogen) atoms. The molecule has 1 heterocycles. The third-order valence-corrected chi connectivity index (χ3v) is 2.02. The second-order valence-corrected chi connectivity index (χ2v) is 3.55. The summed E-state index contributed by atoms with van der Waals surface area (Å²) in [6.07, 6.45) is 2.52. The average Bonchev–Trinajstić information content (AvgIpc) is 2.52. The summed E-state index contributed by atoms with van der Waals surface area (Å²) in [4.78, 5) is 14.2. The van der Waals surface area contributed by atoms with Crippen molar-refractivity contribution in [3.8, 4) is 0 Å². The SMILES string of the molecule is NCCCNC(=O)c1cc(Br)c[nH]1. The summed E-state index contributed by atoms with van der Waals surface area (Å²) >= 11 is 3.25. The molecule has 1 aromatic rings. The molecule has 72 valence electrons. The lowest BCUT2D eigenvalue weighted by Crippen LogP contribution is -2.26. The largest absolute Gasteiger partial charge is 0.356 e. The summed E-state index contributed by atoms with van der Waals surface area (Å²) in [7, 11) is 0. The Morgan fingerprint density at radius 2 is 2.46 bits per heavy atom. The minimum atomic E-state index is -0.0980. The number of nitrogens with two attached hydrogens (primary N) is 1. The zero-order valence-electron chi connectivity index (χ0n) is 7.14. The van der Waals surface area contributed by atoms with Crippen LogP contribution in [0.5, 0.6) is 0 Å². The summed E-state index contributed by atoms with van der Waals surface area (Å²) in [6, 6.07) is 1.73. The molecular weight excluding hydrogens is 234 g/mol. The molecule has 4 nitrogen and oxygen atoms in total. The van der Waals surface area contributed by atoms with E-state index in [1.165, 1.54) is 0 Å². The number of rotatable bonds is 4. The first-order chi connectivity index (χ1) is 6.24. The van der Waals surface area contributed by atoms with Gasteiger partial charge in [0.2, 0.25) is 0 Å². The Kier molecular flexibility index (Phi) is 3.98. The zero-order chi connectivity index (χ0) is 9.68. The Bertz CT molecular complexity index is 285. The standard InChI is InChI=1S/C8H12BrN3O/c9-6-4-7(12-5-6)8(13)11-3-1-2-10/h4-5,12H,1-3,10H2,(H,11,13). The molecule has 0 saturated carbocycles. The molecule has 0 bridgehead atoms. The van der Waals surface area contributed by atoms with E-state index >= 15 is 0 Å². The van der Waals surface area contributed by atoms with Crippen LogP contribution in [0.3, 0.4) is 0 Å². The first-order valence-corrected chi connectivity index (χ1v) is 4.85. The summed E-state index contributed by atoms with van der Waals surface area (Å²) in [5.41, 5.74) is 5.85. The predicted octanol–water partition coefficient (Wildman–Crippen LogP) is 0.856. The van der Waals surface area contributed by atoms with Crippen molar-refractivity contribution in [1.82, 2.24) is 10.3 Å². The highest BCUT2D eigenvalue weighted by Crippen LogP contribution is 2.09. The molecule has 0 fully saturated rings. The quantitative estimate of drug-likeness (QED) is 0.689. The van der Waals surface area contributed by atoms with E-state index in [-0.39, 0.29) is 5.91 Å². The molecular formula is C8H12BrN3O. The van der Waals surface area contributed by atoms with E-state index in [4.69, 9.17) is 5.73 Å². The lowest BCUT2D eigenvalue weighted by Gasteiger charge is -2.00. The maximum Gasteiger partial charge on any atom is 0.267 e. The molecule has 1 amide bonds. The molecule has 0 aliphatic rings. The average molecular weight is 246 g/mol. The van der Waals surface area contributed by atoms with Gasteiger partial charge in [0.1, 0.15) is 5.69 Å². The van der Waals surface area contributed by atoms with Gasteiger partial charge in [0, 0.05) is 17.2 Å². The Morgan fingerprint density at radius 3 is 3.00 bits per heavy atom. The lowest BCUT2D eigenvalue weighted by atomic mass is 10.4. The number of carbonyl (C=O) groups is 1. The zero-order valence-corrected chi connectivity index (χ0v) is 8.73. The number of hydrogen-bond donors (Lipinski definition) is 3. The number of nitrogens with one attached hydrogen (secondary N) is 2. The van der Waals surface area contributed by atoms with Crippen LogP contribution in [-0.4, -0.2) is 24.0 Å². The van der Waals surface area contributed by atoms with Crippen molar-refractivity contribution in [2.75, 3.05) is 13.1 Å². The molecule has 0 aliphatic heterocycles. The van der Waals surface area contributed by atoms with E-state index in [9.17, 15) is 4.79 Å². The molecule has 0 saturated heterocycles. The summed E-state index contributed by atoms with van der Waals surface area (Å²) < 4.78 is 0.872. The monoisotopic (exact) mass is 245 g/mol. The molecule has 0 atom stereocenters. The van der Waals surface area contributed by atoms with Crippen LogP contribution < -0.4 is 11.1 Å². The van der Waals surface area contributed by atoms with Gasteiger partial charge in [-0.3, -0.25) is 4.79 Å².